The molecule has 0 spiro atoms. The highest BCUT2D eigenvalue weighted by molar-refractivity contribution is 5.95. The van der Waals surface area contributed by atoms with Crippen LogP contribution in [0.3, 0.4) is 0 Å². The van der Waals surface area contributed by atoms with E-state index in [-0.39, 0.29) is 12.5 Å². The lowest BCUT2D eigenvalue weighted by Gasteiger charge is -2.12. The molecule has 3 aromatic rings. The van der Waals surface area contributed by atoms with Crippen LogP contribution in [0.1, 0.15) is 21.6 Å². The highest BCUT2D eigenvalue weighted by Crippen LogP contribution is 2.13. The maximum absolute atomic E-state index is 12.4. The predicted molar refractivity (Wildman–Crippen MR) is 96.8 cm³/mol. The van der Waals surface area contributed by atoms with E-state index in [0.717, 1.165) is 16.9 Å². The number of aromatic nitrogens is 2. The number of aliphatic hydroxyl groups is 1. The lowest BCUT2D eigenvalue weighted by atomic mass is 10.1. The summed E-state index contributed by atoms with van der Waals surface area (Å²) in [5.74, 6) is -0.230. The summed E-state index contributed by atoms with van der Waals surface area (Å²) >= 11 is 0. The quantitative estimate of drug-likeness (QED) is 0.727. The van der Waals surface area contributed by atoms with Crippen molar-refractivity contribution in [3.63, 3.8) is 0 Å². The van der Waals surface area contributed by atoms with Crippen LogP contribution < -0.4 is 5.32 Å². The minimum absolute atomic E-state index is 0.198. The van der Waals surface area contributed by atoms with Crippen LogP contribution in [0.15, 0.2) is 66.9 Å². The van der Waals surface area contributed by atoms with E-state index in [1.807, 2.05) is 67.6 Å². The van der Waals surface area contributed by atoms with Crippen molar-refractivity contribution in [2.24, 2.45) is 0 Å². The van der Waals surface area contributed by atoms with Gasteiger partial charge in [0.05, 0.1) is 29.2 Å². The third kappa shape index (κ3) is 4.14. The minimum atomic E-state index is -0.629. The fourth-order valence-electron chi connectivity index (χ4n) is 2.73. The molecule has 25 heavy (non-hydrogen) atoms. The molecular formula is C20H21N3O2. The average Bonchev–Trinajstić information content (AvgIpc) is 3.03. The maximum Gasteiger partial charge on any atom is 0.254 e. The summed E-state index contributed by atoms with van der Waals surface area (Å²) in [5, 5.41) is 17.2. The van der Waals surface area contributed by atoms with Gasteiger partial charge >= 0.3 is 0 Å². The van der Waals surface area contributed by atoms with Crippen molar-refractivity contribution in [2.45, 2.75) is 19.4 Å². The van der Waals surface area contributed by atoms with E-state index in [1.54, 1.807) is 10.9 Å². The van der Waals surface area contributed by atoms with Crippen LogP contribution in [0.25, 0.3) is 5.69 Å². The predicted octanol–water partition coefficient (Wildman–Crippen LogP) is 2.51. The molecular weight excluding hydrogens is 314 g/mol. The molecule has 0 aliphatic carbocycles. The van der Waals surface area contributed by atoms with Gasteiger partial charge in [-0.05, 0) is 24.6 Å². The Morgan fingerprint density at radius 2 is 1.76 bits per heavy atom. The molecule has 2 aromatic carbocycles. The Bertz CT molecular complexity index is 829. The molecule has 5 nitrogen and oxygen atoms in total. The number of aliphatic hydroxyl groups excluding tert-OH is 1. The van der Waals surface area contributed by atoms with Gasteiger partial charge in [-0.15, -0.1) is 0 Å². The first-order chi connectivity index (χ1) is 12.1. The molecule has 1 unspecified atom stereocenters. The molecule has 0 bridgehead atoms. The molecule has 2 N–H and O–H groups in total. The van der Waals surface area contributed by atoms with E-state index in [2.05, 4.69) is 10.4 Å². The number of nitrogens with one attached hydrogen (secondary N) is 1. The Hall–Kier alpha value is -2.92. The second kappa shape index (κ2) is 7.77. The van der Waals surface area contributed by atoms with Crippen LogP contribution in [-0.2, 0) is 6.42 Å². The zero-order chi connectivity index (χ0) is 17.6. The van der Waals surface area contributed by atoms with Gasteiger partial charge in [0.1, 0.15) is 0 Å². The first kappa shape index (κ1) is 16.9. The van der Waals surface area contributed by atoms with Crippen molar-refractivity contribution in [2.75, 3.05) is 6.54 Å². The fourth-order valence-corrected chi connectivity index (χ4v) is 2.73. The largest absolute Gasteiger partial charge is 0.391 e. The number of amides is 1. The summed E-state index contributed by atoms with van der Waals surface area (Å²) in [5.41, 5.74) is 3.22. The summed E-state index contributed by atoms with van der Waals surface area (Å²) in [6, 6.07) is 19.4. The molecule has 5 heteroatoms. The molecule has 0 saturated carbocycles. The molecule has 0 aliphatic rings. The lowest BCUT2D eigenvalue weighted by Crippen LogP contribution is -2.33. The van der Waals surface area contributed by atoms with Gasteiger partial charge < -0.3 is 10.4 Å². The number of carbonyl (C=O) groups excluding carboxylic acids is 1. The fraction of sp³-hybridized carbons (Fsp3) is 0.200. The summed E-state index contributed by atoms with van der Waals surface area (Å²) in [7, 11) is 0. The molecule has 0 radical (unpaired) electrons. The first-order valence-electron chi connectivity index (χ1n) is 8.25. The maximum atomic E-state index is 12.4. The topological polar surface area (TPSA) is 67.2 Å². The van der Waals surface area contributed by atoms with Crippen LogP contribution in [0.4, 0.5) is 0 Å². The van der Waals surface area contributed by atoms with Crippen molar-refractivity contribution >= 4 is 5.91 Å². The second-order valence-electron chi connectivity index (χ2n) is 5.94. The summed E-state index contributed by atoms with van der Waals surface area (Å²) in [6.07, 6.45) is 1.43. The average molecular weight is 335 g/mol. The number of para-hydroxylation sites is 1. The van der Waals surface area contributed by atoms with Crippen molar-refractivity contribution in [1.29, 1.82) is 0 Å². The van der Waals surface area contributed by atoms with Crippen molar-refractivity contribution in [1.82, 2.24) is 15.1 Å². The zero-order valence-electron chi connectivity index (χ0n) is 14.1. The number of hydrogen-bond donors (Lipinski definition) is 2. The normalized spacial score (nSPS) is 11.9. The SMILES string of the molecule is Cc1c(C(=O)NCC(O)Cc2ccccc2)cnn1-c1ccccc1. The van der Waals surface area contributed by atoms with Crippen molar-refractivity contribution < 1.29 is 9.90 Å². The highest BCUT2D eigenvalue weighted by Gasteiger charge is 2.16. The number of carbonyl (C=O) groups is 1. The Labute approximate surface area is 146 Å². The number of benzene rings is 2. The van der Waals surface area contributed by atoms with Gasteiger partial charge in [0.2, 0.25) is 0 Å². The van der Waals surface area contributed by atoms with Gasteiger partial charge in [-0.3, -0.25) is 4.79 Å². The Kier molecular flexibility index (Phi) is 5.26. The molecule has 1 atom stereocenters. The van der Waals surface area contributed by atoms with Crippen LogP contribution >= 0.6 is 0 Å². The van der Waals surface area contributed by atoms with Crippen molar-refractivity contribution in [3.8, 4) is 5.69 Å². The van der Waals surface area contributed by atoms with E-state index >= 15 is 0 Å². The van der Waals surface area contributed by atoms with Gasteiger partial charge in [0, 0.05) is 13.0 Å². The first-order valence-corrected chi connectivity index (χ1v) is 8.25. The Morgan fingerprint density at radius 1 is 1.12 bits per heavy atom. The number of rotatable bonds is 6. The standard InChI is InChI=1S/C20H21N3O2/c1-15-19(14-22-23(15)17-10-6-3-7-11-17)20(25)21-13-18(24)12-16-8-4-2-5-9-16/h2-11,14,18,24H,12-13H2,1H3,(H,21,25). The second-order valence-corrected chi connectivity index (χ2v) is 5.94. The van der Waals surface area contributed by atoms with E-state index in [9.17, 15) is 9.90 Å². The van der Waals surface area contributed by atoms with Gasteiger partial charge in [-0.1, -0.05) is 48.5 Å². The summed E-state index contributed by atoms with van der Waals surface area (Å²) in [6.45, 7) is 2.05. The Balaban J connectivity index is 1.61. The van der Waals surface area contributed by atoms with Gasteiger partial charge in [0.15, 0.2) is 0 Å². The summed E-state index contributed by atoms with van der Waals surface area (Å²) in [4.78, 5) is 12.4. The van der Waals surface area contributed by atoms with Gasteiger partial charge in [-0.2, -0.15) is 5.10 Å². The molecule has 128 valence electrons. The molecule has 1 heterocycles. The molecule has 0 saturated heterocycles. The zero-order valence-corrected chi connectivity index (χ0v) is 14.1. The number of nitrogens with zero attached hydrogens (tertiary/aromatic N) is 2. The van der Waals surface area contributed by atoms with Crippen LogP contribution in [-0.4, -0.2) is 33.4 Å². The van der Waals surface area contributed by atoms with Crippen LogP contribution in [0, 0.1) is 6.92 Å². The third-order valence-corrected chi connectivity index (χ3v) is 4.07. The van der Waals surface area contributed by atoms with E-state index in [4.69, 9.17) is 0 Å². The molecule has 1 amide bonds. The number of hydrogen-bond acceptors (Lipinski definition) is 3. The van der Waals surface area contributed by atoms with Crippen LogP contribution in [0.2, 0.25) is 0 Å². The highest BCUT2D eigenvalue weighted by atomic mass is 16.3. The molecule has 0 fully saturated rings. The van der Waals surface area contributed by atoms with E-state index < -0.39 is 6.10 Å². The van der Waals surface area contributed by atoms with Crippen molar-refractivity contribution in [3.05, 3.63) is 83.7 Å². The monoisotopic (exact) mass is 335 g/mol. The lowest BCUT2D eigenvalue weighted by molar-refractivity contribution is 0.0915. The Morgan fingerprint density at radius 3 is 2.44 bits per heavy atom. The van der Waals surface area contributed by atoms with E-state index in [0.29, 0.717) is 12.0 Å². The minimum Gasteiger partial charge on any atom is -0.391 e. The van der Waals surface area contributed by atoms with E-state index in [1.165, 1.54) is 0 Å². The third-order valence-electron chi connectivity index (χ3n) is 4.07. The van der Waals surface area contributed by atoms with Crippen LogP contribution in [0.5, 0.6) is 0 Å². The van der Waals surface area contributed by atoms with Gasteiger partial charge in [-0.25, -0.2) is 4.68 Å². The van der Waals surface area contributed by atoms with Gasteiger partial charge in [0.25, 0.3) is 5.91 Å². The molecule has 1 aromatic heterocycles. The molecule has 0 aliphatic heterocycles. The molecule has 3 rings (SSSR count). The summed E-state index contributed by atoms with van der Waals surface area (Å²) < 4.78 is 1.73. The smallest absolute Gasteiger partial charge is 0.254 e.